The molecule has 1 saturated carbocycles. The normalized spacial score (nSPS) is 22.8. The Labute approximate surface area is 133 Å². The van der Waals surface area contributed by atoms with Crippen molar-refractivity contribution in [3.8, 4) is 0 Å². The van der Waals surface area contributed by atoms with E-state index in [4.69, 9.17) is 0 Å². The molecule has 1 atom stereocenters. The van der Waals surface area contributed by atoms with Gasteiger partial charge in [0, 0.05) is 25.0 Å². The Morgan fingerprint density at radius 2 is 1.87 bits per heavy atom. The van der Waals surface area contributed by atoms with E-state index >= 15 is 0 Å². The molecule has 2 aliphatic rings. The molecule has 6 heteroatoms. The highest BCUT2D eigenvalue weighted by Crippen LogP contribution is 2.30. The van der Waals surface area contributed by atoms with Crippen LogP contribution >= 0.6 is 0 Å². The van der Waals surface area contributed by atoms with Gasteiger partial charge in [-0.05, 0) is 49.9 Å². The lowest BCUT2D eigenvalue weighted by Gasteiger charge is -2.33. The average Bonchev–Trinajstić information content (AvgIpc) is 3.32. The van der Waals surface area contributed by atoms with Crippen LogP contribution in [0.2, 0.25) is 0 Å². The van der Waals surface area contributed by atoms with Crippen LogP contribution in [0.4, 0.5) is 13.2 Å². The number of alkyl halides is 3. The minimum Gasteiger partial charge on any atom is -0.352 e. The third kappa shape index (κ3) is 4.47. The number of hydrogen-bond donors (Lipinski definition) is 1. The summed E-state index contributed by atoms with van der Waals surface area (Å²) in [5.74, 6) is 0.367. The highest BCUT2D eigenvalue weighted by atomic mass is 19.4. The number of piperidine rings is 1. The number of halogens is 3. The van der Waals surface area contributed by atoms with Crippen molar-refractivity contribution in [1.82, 2.24) is 10.2 Å². The molecule has 0 bridgehead atoms. The molecule has 1 N–H and O–H groups in total. The molecular weight excluding hydrogens is 305 g/mol. The summed E-state index contributed by atoms with van der Waals surface area (Å²) in [4.78, 5) is 14.0. The fourth-order valence-electron chi connectivity index (χ4n) is 3.04. The molecule has 126 valence electrons. The zero-order chi connectivity index (χ0) is 16.4. The Bertz CT molecular complexity index is 552. The Kier molecular flexibility index (Phi) is 4.62. The van der Waals surface area contributed by atoms with E-state index in [1.807, 2.05) is 0 Å². The van der Waals surface area contributed by atoms with E-state index in [0.29, 0.717) is 6.54 Å². The first-order valence-electron chi connectivity index (χ1n) is 8.11. The molecule has 1 amide bonds. The van der Waals surface area contributed by atoms with Crippen molar-refractivity contribution in [2.45, 2.75) is 44.4 Å². The molecule has 3 nitrogen and oxygen atoms in total. The number of carbonyl (C=O) groups is 1. The Morgan fingerprint density at radius 1 is 1.17 bits per heavy atom. The summed E-state index contributed by atoms with van der Waals surface area (Å²) < 4.78 is 37.7. The van der Waals surface area contributed by atoms with Gasteiger partial charge in [0.25, 0.3) is 0 Å². The van der Waals surface area contributed by atoms with E-state index in [9.17, 15) is 18.0 Å². The van der Waals surface area contributed by atoms with Crippen molar-refractivity contribution in [1.29, 1.82) is 0 Å². The Hall–Kier alpha value is -1.56. The van der Waals surface area contributed by atoms with Gasteiger partial charge in [-0.1, -0.05) is 12.1 Å². The highest BCUT2D eigenvalue weighted by molar-refractivity contribution is 5.81. The molecule has 1 aliphatic carbocycles. The number of likely N-dealkylation sites (tertiary alicyclic amines) is 1. The predicted octanol–water partition coefficient (Wildman–Crippen LogP) is 3.20. The summed E-state index contributed by atoms with van der Waals surface area (Å²) in [5.41, 5.74) is 0.252. The fraction of sp³-hybridized carbons (Fsp3) is 0.588. The maximum atomic E-state index is 12.6. The van der Waals surface area contributed by atoms with Crippen LogP contribution in [-0.4, -0.2) is 29.9 Å². The summed E-state index contributed by atoms with van der Waals surface area (Å²) in [6, 6.07) is 5.49. The first kappa shape index (κ1) is 16.3. The lowest BCUT2D eigenvalue weighted by Crippen LogP contribution is -2.47. The van der Waals surface area contributed by atoms with Crippen LogP contribution in [0.3, 0.4) is 0 Å². The molecule has 0 aromatic heterocycles. The van der Waals surface area contributed by atoms with Gasteiger partial charge in [0.05, 0.1) is 5.56 Å². The van der Waals surface area contributed by atoms with Crippen molar-refractivity contribution in [2.75, 3.05) is 13.1 Å². The van der Waals surface area contributed by atoms with Crippen LogP contribution in [0.15, 0.2) is 24.3 Å². The third-order valence-corrected chi connectivity index (χ3v) is 4.49. The Balaban J connectivity index is 1.53. The maximum Gasteiger partial charge on any atom is 0.416 e. The molecule has 3 rings (SSSR count). The van der Waals surface area contributed by atoms with Crippen LogP contribution < -0.4 is 5.32 Å². The van der Waals surface area contributed by atoms with E-state index in [0.717, 1.165) is 56.5 Å². The van der Waals surface area contributed by atoms with Gasteiger partial charge in [-0.3, -0.25) is 9.69 Å². The fourth-order valence-corrected chi connectivity index (χ4v) is 3.04. The van der Waals surface area contributed by atoms with E-state index in [1.165, 1.54) is 12.1 Å². The van der Waals surface area contributed by atoms with Crippen LogP contribution in [-0.2, 0) is 17.5 Å². The van der Waals surface area contributed by atoms with Gasteiger partial charge in [-0.2, -0.15) is 13.2 Å². The number of amides is 1. The number of nitrogens with one attached hydrogen (secondary N) is 1. The molecule has 0 spiro atoms. The van der Waals surface area contributed by atoms with Crippen LogP contribution in [0.5, 0.6) is 0 Å². The first-order chi connectivity index (χ1) is 10.9. The summed E-state index contributed by atoms with van der Waals surface area (Å²) in [6.07, 6.45) is -0.332. The smallest absolute Gasteiger partial charge is 0.352 e. The van der Waals surface area contributed by atoms with Gasteiger partial charge in [0.15, 0.2) is 0 Å². The molecule has 1 saturated heterocycles. The minimum atomic E-state index is -4.29. The van der Waals surface area contributed by atoms with E-state index < -0.39 is 11.7 Å². The van der Waals surface area contributed by atoms with Gasteiger partial charge in [0.1, 0.15) is 0 Å². The number of benzene rings is 1. The molecule has 1 heterocycles. The summed E-state index contributed by atoms with van der Waals surface area (Å²) >= 11 is 0. The first-order valence-corrected chi connectivity index (χ1v) is 8.11. The zero-order valence-corrected chi connectivity index (χ0v) is 12.9. The van der Waals surface area contributed by atoms with Crippen molar-refractivity contribution in [3.63, 3.8) is 0 Å². The van der Waals surface area contributed by atoms with Gasteiger partial charge in [0.2, 0.25) is 5.91 Å². The number of rotatable bonds is 4. The summed E-state index contributed by atoms with van der Waals surface area (Å²) in [5, 5.41) is 3.10. The summed E-state index contributed by atoms with van der Waals surface area (Å²) in [7, 11) is 0. The molecule has 1 aromatic carbocycles. The van der Waals surface area contributed by atoms with Crippen molar-refractivity contribution < 1.29 is 18.0 Å². The van der Waals surface area contributed by atoms with E-state index in [-0.39, 0.29) is 17.9 Å². The molecule has 1 aliphatic heterocycles. The largest absolute Gasteiger partial charge is 0.416 e. The van der Waals surface area contributed by atoms with Gasteiger partial charge in [-0.15, -0.1) is 0 Å². The quantitative estimate of drug-likeness (QED) is 0.921. The van der Waals surface area contributed by atoms with Crippen molar-refractivity contribution >= 4 is 5.91 Å². The number of carbonyl (C=O) groups excluding carboxylic acids is 1. The van der Waals surface area contributed by atoms with Gasteiger partial charge >= 0.3 is 6.18 Å². The second kappa shape index (κ2) is 6.51. The van der Waals surface area contributed by atoms with Crippen LogP contribution in [0.1, 0.15) is 36.8 Å². The standard InChI is InChI=1S/C17H21F3N2O/c18-17(19,20)14-7-3-12(4-8-14)10-22-9-1-2-15(11-22)21-16(23)13-5-6-13/h3-4,7-8,13,15H,1-2,5-6,9-11H2,(H,21,23). The minimum absolute atomic E-state index is 0.159. The van der Waals surface area contributed by atoms with Crippen molar-refractivity contribution in [2.24, 2.45) is 5.92 Å². The number of nitrogens with zero attached hydrogens (tertiary/aromatic N) is 1. The molecule has 0 radical (unpaired) electrons. The SMILES string of the molecule is O=C(NC1CCCN(Cc2ccc(C(F)(F)F)cc2)C1)C1CC1. The average molecular weight is 326 g/mol. The van der Waals surface area contributed by atoms with E-state index in [2.05, 4.69) is 10.2 Å². The number of hydrogen-bond acceptors (Lipinski definition) is 2. The molecule has 1 aromatic rings. The van der Waals surface area contributed by atoms with Gasteiger partial charge in [-0.25, -0.2) is 0 Å². The van der Waals surface area contributed by atoms with Gasteiger partial charge < -0.3 is 5.32 Å². The second-order valence-electron chi connectivity index (χ2n) is 6.55. The second-order valence-corrected chi connectivity index (χ2v) is 6.55. The monoisotopic (exact) mass is 326 g/mol. The molecule has 2 fully saturated rings. The summed E-state index contributed by atoms with van der Waals surface area (Å²) in [6.45, 7) is 2.30. The molecule has 1 unspecified atom stereocenters. The molecular formula is C17H21F3N2O. The zero-order valence-electron chi connectivity index (χ0n) is 12.9. The van der Waals surface area contributed by atoms with E-state index in [1.54, 1.807) is 0 Å². The molecule has 23 heavy (non-hydrogen) atoms. The van der Waals surface area contributed by atoms with Crippen LogP contribution in [0.25, 0.3) is 0 Å². The highest BCUT2D eigenvalue weighted by Gasteiger charge is 2.32. The lowest BCUT2D eigenvalue weighted by molar-refractivity contribution is -0.137. The Morgan fingerprint density at radius 3 is 2.48 bits per heavy atom. The maximum absolute atomic E-state index is 12.6. The topological polar surface area (TPSA) is 32.3 Å². The van der Waals surface area contributed by atoms with Crippen LogP contribution in [0, 0.1) is 5.92 Å². The third-order valence-electron chi connectivity index (χ3n) is 4.49. The predicted molar refractivity (Wildman–Crippen MR) is 80.6 cm³/mol. The van der Waals surface area contributed by atoms with Crippen molar-refractivity contribution in [3.05, 3.63) is 35.4 Å². The lowest BCUT2D eigenvalue weighted by atomic mass is 10.0.